The van der Waals surface area contributed by atoms with Crippen molar-refractivity contribution in [3.8, 4) is 0 Å². The van der Waals surface area contributed by atoms with E-state index in [9.17, 15) is 19.2 Å². The molecule has 0 bridgehead atoms. The number of ether oxygens (including phenoxy) is 4. The summed E-state index contributed by atoms with van der Waals surface area (Å²) in [5, 5.41) is 0. The molecule has 0 unspecified atom stereocenters. The quantitative estimate of drug-likeness (QED) is 0.100. The molecule has 0 aromatic rings. The predicted molar refractivity (Wildman–Crippen MR) is 156 cm³/mol. The molecule has 0 N–H and O–H groups in total. The van der Waals surface area contributed by atoms with E-state index in [-0.39, 0.29) is 44.5 Å². The van der Waals surface area contributed by atoms with Crippen molar-refractivity contribution in [2.75, 3.05) is 53.4 Å². The highest BCUT2D eigenvalue weighted by Crippen LogP contribution is 2.12. The number of unbranched alkanes of at least 4 members (excludes halogenated alkanes) is 8. The minimum absolute atomic E-state index is 0.102. The van der Waals surface area contributed by atoms with Crippen LogP contribution in [0.2, 0.25) is 0 Å². The molecule has 2 rings (SSSR count). The molecule has 0 aliphatic carbocycles. The van der Waals surface area contributed by atoms with Gasteiger partial charge in [-0.3, -0.25) is 19.4 Å². The Labute approximate surface area is 250 Å². The van der Waals surface area contributed by atoms with E-state index in [2.05, 4.69) is 6.92 Å². The highest BCUT2D eigenvalue weighted by Gasteiger charge is 2.20. The van der Waals surface area contributed by atoms with Gasteiger partial charge in [-0.2, -0.15) is 0 Å². The van der Waals surface area contributed by atoms with Gasteiger partial charge in [-0.25, -0.2) is 9.59 Å². The van der Waals surface area contributed by atoms with Crippen LogP contribution in [-0.4, -0.2) is 97.1 Å². The molecule has 2 aliphatic rings. The Balaban J connectivity index is 1.37. The van der Waals surface area contributed by atoms with Crippen molar-refractivity contribution in [3.05, 3.63) is 24.8 Å². The summed E-state index contributed by atoms with van der Waals surface area (Å²) in [5.74, 6) is -0.498. The lowest BCUT2D eigenvalue weighted by Crippen LogP contribution is -2.31. The molecule has 12 heteroatoms. The first-order valence-electron chi connectivity index (χ1n) is 15.4. The van der Waals surface area contributed by atoms with Crippen molar-refractivity contribution in [3.63, 3.8) is 0 Å². The molecule has 0 radical (unpaired) electrons. The van der Waals surface area contributed by atoms with E-state index in [4.69, 9.17) is 18.9 Å². The van der Waals surface area contributed by atoms with Crippen LogP contribution in [0.3, 0.4) is 0 Å². The van der Waals surface area contributed by atoms with Crippen LogP contribution in [0.15, 0.2) is 24.8 Å². The second-order valence-electron chi connectivity index (χ2n) is 10.6. The summed E-state index contributed by atoms with van der Waals surface area (Å²) < 4.78 is 20.8. The zero-order valence-corrected chi connectivity index (χ0v) is 25.5. The van der Waals surface area contributed by atoms with Crippen molar-refractivity contribution in [1.82, 2.24) is 19.6 Å². The van der Waals surface area contributed by atoms with E-state index < -0.39 is 6.09 Å². The number of nitrogens with zero attached hydrogens (tertiary/aromatic N) is 4. The molecule has 0 atom stereocenters. The molecule has 0 spiro atoms. The monoisotopic (exact) mass is 594 g/mol. The summed E-state index contributed by atoms with van der Waals surface area (Å²) >= 11 is 0. The van der Waals surface area contributed by atoms with E-state index in [0.29, 0.717) is 39.0 Å². The van der Waals surface area contributed by atoms with Gasteiger partial charge in [0.2, 0.25) is 0 Å². The van der Waals surface area contributed by atoms with Crippen molar-refractivity contribution in [1.29, 1.82) is 0 Å². The maximum Gasteiger partial charge on any atom is 0.415 e. The third-order valence-corrected chi connectivity index (χ3v) is 6.80. The third kappa shape index (κ3) is 15.5. The number of rotatable bonds is 21. The topological polar surface area (TPSA) is 118 Å². The molecule has 2 heterocycles. The summed E-state index contributed by atoms with van der Waals surface area (Å²) in [6.45, 7) is 4.65. The predicted octanol–water partition coefficient (Wildman–Crippen LogP) is 5.16. The summed E-state index contributed by atoms with van der Waals surface area (Å²) in [6, 6.07) is 0. The van der Waals surface area contributed by atoms with Gasteiger partial charge in [0.15, 0.2) is 0 Å². The maximum atomic E-state index is 12.3. The average molecular weight is 595 g/mol. The number of hydrogen-bond acceptors (Lipinski definition) is 10. The molecular weight excluding hydrogens is 544 g/mol. The van der Waals surface area contributed by atoms with Crippen molar-refractivity contribution < 1.29 is 38.1 Å². The second-order valence-corrected chi connectivity index (χ2v) is 10.6. The Morgan fingerprint density at radius 1 is 0.571 bits per heavy atom. The van der Waals surface area contributed by atoms with Gasteiger partial charge < -0.3 is 28.7 Å². The number of amides is 2. The van der Waals surface area contributed by atoms with Gasteiger partial charge in [0.05, 0.1) is 19.9 Å². The molecule has 0 aromatic carbocycles. The SMILES string of the molecule is CCCCCCCC(=O)OCCOC(=O)CCCCCCN1C=CN(C(=O)OCCCCOC(=O)N2C=CN(C)C2)C1. The van der Waals surface area contributed by atoms with E-state index in [1.54, 1.807) is 18.6 Å². The van der Waals surface area contributed by atoms with Crippen LogP contribution < -0.4 is 0 Å². The number of carbonyl (C=O) groups excluding carboxylic acids is 4. The van der Waals surface area contributed by atoms with E-state index >= 15 is 0 Å². The number of carbonyl (C=O) groups is 4. The number of esters is 2. The highest BCUT2D eigenvalue weighted by atomic mass is 16.6. The second kappa shape index (κ2) is 21.3. The molecule has 0 fully saturated rings. The maximum absolute atomic E-state index is 12.3. The molecule has 0 saturated carbocycles. The van der Waals surface area contributed by atoms with Crippen molar-refractivity contribution in [2.24, 2.45) is 0 Å². The van der Waals surface area contributed by atoms with Crippen LogP contribution in [0.4, 0.5) is 9.59 Å². The fraction of sp³-hybridized carbons (Fsp3) is 0.733. The molecule has 0 aromatic heterocycles. The molecule has 2 aliphatic heterocycles. The zero-order valence-electron chi connectivity index (χ0n) is 25.5. The Kier molecular flexibility index (Phi) is 17.6. The summed E-state index contributed by atoms with van der Waals surface area (Å²) in [4.78, 5) is 54.6. The normalized spacial score (nSPS) is 14.0. The lowest BCUT2D eigenvalue weighted by Gasteiger charge is -2.19. The van der Waals surface area contributed by atoms with Crippen LogP contribution in [0.25, 0.3) is 0 Å². The molecule has 12 nitrogen and oxygen atoms in total. The van der Waals surface area contributed by atoms with Gasteiger partial charge in [-0.15, -0.1) is 0 Å². The van der Waals surface area contributed by atoms with E-state index in [1.165, 1.54) is 22.6 Å². The van der Waals surface area contributed by atoms with Crippen LogP contribution in [0, 0.1) is 0 Å². The Bertz CT molecular complexity index is 881. The van der Waals surface area contributed by atoms with Gasteiger partial charge in [-0.05, 0) is 32.1 Å². The minimum Gasteiger partial charge on any atom is -0.462 e. The fourth-order valence-electron chi connectivity index (χ4n) is 4.33. The van der Waals surface area contributed by atoms with Crippen molar-refractivity contribution in [2.45, 2.75) is 90.4 Å². The first kappa shape index (κ1) is 34.8. The van der Waals surface area contributed by atoms with Crippen LogP contribution in [-0.2, 0) is 28.5 Å². The van der Waals surface area contributed by atoms with E-state index in [0.717, 1.165) is 51.5 Å². The largest absolute Gasteiger partial charge is 0.462 e. The zero-order chi connectivity index (χ0) is 30.4. The average Bonchev–Trinajstić information content (AvgIpc) is 3.64. The Hall–Kier alpha value is -3.44. The van der Waals surface area contributed by atoms with Crippen LogP contribution in [0.1, 0.15) is 90.4 Å². The summed E-state index contributed by atoms with van der Waals surface area (Å²) in [6.07, 6.45) is 17.2. The van der Waals surface area contributed by atoms with Crippen LogP contribution in [0.5, 0.6) is 0 Å². The van der Waals surface area contributed by atoms with Gasteiger partial charge in [-0.1, -0.05) is 45.4 Å². The molecule has 0 saturated heterocycles. The fourth-order valence-corrected chi connectivity index (χ4v) is 4.33. The molecule has 2 amide bonds. The standard InChI is InChI=1S/C30H50N4O8/c1-3-4-5-6-9-14-27(35)39-23-24-40-28(36)15-10-7-8-11-16-32-18-20-34(26-32)30(38)42-22-13-12-21-41-29(37)33-19-17-31(2)25-33/h17-20H,3-16,21-26H2,1-2H3. The summed E-state index contributed by atoms with van der Waals surface area (Å²) in [7, 11) is 1.87. The van der Waals surface area contributed by atoms with Gasteiger partial charge in [0.25, 0.3) is 0 Å². The van der Waals surface area contributed by atoms with Crippen molar-refractivity contribution >= 4 is 24.1 Å². The molecule has 238 valence electrons. The van der Waals surface area contributed by atoms with Gasteiger partial charge in [0.1, 0.15) is 19.9 Å². The highest BCUT2D eigenvalue weighted by molar-refractivity contribution is 5.70. The van der Waals surface area contributed by atoms with Crippen LogP contribution >= 0.6 is 0 Å². The first-order valence-corrected chi connectivity index (χ1v) is 15.4. The third-order valence-electron chi connectivity index (χ3n) is 6.80. The minimum atomic E-state index is -0.397. The van der Waals surface area contributed by atoms with Gasteiger partial charge in [0, 0.05) is 51.2 Å². The lowest BCUT2D eigenvalue weighted by atomic mass is 10.1. The number of hydrogen-bond donors (Lipinski definition) is 0. The smallest absolute Gasteiger partial charge is 0.415 e. The first-order chi connectivity index (χ1) is 20.4. The lowest BCUT2D eigenvalue weighted by molar-refractivity contribution is -0.152. The Morgan fingerprint density at radius 2 is 1.10 bits per heavy atom. The van der Waals surface area contributed by atoms with E-state index in [1.807, 2.05) is 23.0 Å². The molecular formula is C30H50N4O8. The summed E-state index contributed by atoms with van der Waals surface area (Å²) in [5.41, 5.74) is 0. The molecule has 42 heavy (non-hydrogen) atoms. The Morgan fingerprint density at radius 3 is 1.64 bits per heavy atom. The van der Waals surface area contributed by atoms with Gasteiger partial charge >= 0.3 is 24.1 Å².